The highest BCUT2D eigenvalue weighted by Crippen LogP contribution is 2.42. The third kappa shape index (κ3) is 3.94. The Bertz CT molecular complexity index is 654. The second-order valence-electron chi connectivity index (χ2n) is 6.37. The predicted octanol–water partition coefficient (Wildman–Crippen LogP) is 4.37. The maximum atomic E-state index is 12.6. The monoisotopic (exact) mass is 401 g/mol. The summed E-state index contributed by atoms with van der Waals surface area (Å²) in [4.78, 5) is 27.4. The molecule has 7 heteroatoms. The van der Waals surface area contributed by atoms with Crippen molar-refractivity contribution in [3.63, 3.8) is 0 Å². The third-order valence-corrected chi connectivity index (χ3v) is 5.54. The quantitative estimate of drug-likeness (QED) is 0.523. The molecule has 0 aliphatic carbocycles. The molecule has 1 aliphatic rings. The minimum Gasteiger partial charge on any atom is -0.465 e. The Kier molecular flexibility index (Phi) is 7.18. The van der Waals surface area contributed by atoms with Gasteiger partial charge in [0.25, 0.3) is 0 Å². The van der Waals surface area contributed by atoms with E-state index in [1.54, 1.807) is 19.9 Å². The van der Waals surface area contributed by atoms with Crippen LogP contribution < -0.4 is 4.90 Å². The van der Waals surface area contributed by atoms with Crippen LogP contribution in [0.2, 0.25) is 10.0 Å². The molecule has 1 heterocycles. The summed E-state index contributed by atoms with van der Waals surface area (Å²) in [6.45, 7) is 6.91. The van der Waals surface area contributed by atoms with Gasteiger partial charge in [0.15, 0.2) is 5.41 Å². The fourth-order valence-corrected chi connectivity index (χ4v) is 3.79. The van der Waals surface area contributed by atoms with Crippen molar-refractivity contribution in [2.24, 2.45) is 0 Å². The number of piperidine rings is 1. The summed E-state index contributed by atoms with van der Waals surface area (Å²) in [6.07, 6.45) is 3.39. The highest BCUT2D eigenvalue weighted by Gasteiger charge is 2.48. The van der Waals surface area contributed by atoms with E-state index in [0.29, 0.717) is 10.6 Å². The molecule has 0 saturated carbocycles. The second-order valence-corrected chi connectivity index (χ2v) is 7.13. The van der Waals surface area contributed by atoms with Gasteiger partial charge in [0, 0.05) is 18.7 Å². The number of rotatable bonds is 6. The van der Waals surface area contributed by atoms with Gasteiger partial charge in [0.1, 0.15) is 0 Å². The lowest BCUT2D eigenvalue weighted by molar-refractivity contribution is -0.163. The summed E-state index contributed by atoms with van der Waals surface area (Å²) >= 11 is 13.0. The first-order chi connectivity index (χ1) is 12.4. The lowest BCUT2D eigenvalue weighted by atomic mass is 9.82. The Balaban J connectivity index is 2.49. The Hall–Kier alpha value is -1.46. The van der Waals surface area contributed by atoms with Crippen LogP contribution in [-0.2, 0) is 24.5 Å². The molecule has 0 amide bonds. The zero-order chi connectivity index (χ0) is 19.3. The highest BCUT2D eigenvalue weighted by atomic mass is 35.5. The molecule has 0 unspecified atom stereocenters. The lowest BCUT2D eigenvalue weighted by Gasteiger charge is -2.32. The first-order valence-corrected chi connectivity index (χ1v) is 9.71. The number of anilines is 1. The van der Waals surface area contributed by atoms with Crippen molar-refractivity contribution in [1.82, 2.24) is 0 Å². The first kappa shape index (κ1) is 20.8. The van der Waals surface area contributed by atoms with E-state index >= 15 is 0 Å². The van der Waals surface area contributed by atoms with Crippen LogP contribution in [0.5, 0.6) is 0 Å². The number of hydrogen-bond donors (Lipinski definition) is 0. The molecular weight excluding hydrogens is 377 g/mol. The Morgan fingerprint density at radius 2 is 1.54 bits per heavy atom. The Morgan fingerprint density at radius 1 is 1.00 bits per heavy atom. The number of carbonyl (C=O) groups is 2. The number of hydrogen-bond acceptors (Lipinski definition) is 5. The van der Waals surface area contributed by atoms with Crippen LogP contribution in [0.3, 0.4) is 0 Å². The van der Waals surface area contributed by atoms with E-state index in [0.717, 1.165) is 31.6 Å². The molecule has 2 rings (SSSR count). The first-order valence-electron chi connectivity index (χ1n) is 8.95. The van der Waals surface area contributed by atoms with E-state index in [1.807, 2.05) is 6.07 Å². The van der Waals surface area contributed by atoms with Crippen LogP contribution in [0, 0.1) is 0 Å². The highest BCUT2D eigenvalue weighted by molar-refractivity contribution is 6.44. The van der Waals surface area contributed by atoms with Gasteiger partial charge >= 0.3 is 11.9 Å². The third-order valence-electron chi connectivity index (χ3n) is 4.66. The van der Waals surface area contributed by atoms with Crippen molar-refractivity contribution in [3.05, 3.63) is 27.7 Å². The van der Waals surface area contributed by atoms with Crippen molar-refractivity contribution < 1.29 is 19.1 Å². The summed E-state index contributed by atoms with van der Waals surface area (Å²) < 4.78 is 10.2. The van der Waals surface area contributed by atoms with Gasteiger partial charge in [-0.2, -0.15) is 0 Å². The maximum Gasteiger partial charge on any atom is 0.327 e. The molecule has 0 aromatic heterocycles. The molecule has 5 nitrogen and oxygen atoms in total. The molecule has 0 bridgehead atoms. The molecule has 0 atom stereocenters. The van der Waals surface area contributed by atoms with Crippen LogP contribution in [-0.4, -0.2) is 38.2 Å². The van der Waals surface area contributed by atoms with Crippen molar-refractivity contribution in [1.29, 1.82) is 0 Å². The smallest absolute Gasteiger partial charge is 0.327 e. The average molecular weight is 402 g/mol. The van der Waals surface area contributed by atoms with Gasteiger partial charge in [-0.05, 0) is 46.1 Å². The summed E-state index contributed by atoms with van der Waals surface area (Å²) in [6, 6.07) is 3.48. The van der Waals surface area contributed by atoms with E-state index in [-0.39, 0.29) is 18.2 Å². The molecular formula is C19H25Cl2NO4. The molecule has 1 fully saturated rings. The van der Waals surface area contributed by atoms with Gasteiger partial charge in [0.05, 0.1) is 28.9 Å². The molecule has 0 spiro atoms. The Morgan fingerprint density at radius 3 is 2.04 bits per heavy atom. The maximum absolute atomic E-state index is 12.6. The molecule has 0 N–H and O–H groups in total. The van der Waals surface area contributed by atoms with Crippen molar-refractivity contribution in [2.75, 3.05) is 31.2 Å². The fourth-order valence-electron chi connectivity index (χ4n) is 3.16. The van der Waals surface area contributed by atoms with Gasteiger partial charge in [0.2, 0.25) is 0 Å². The van der Waals surface area contributed by atoms with Crippen LogP contribution in [0.25, 0.3) is 0 Å². The van der Waals surface area contributed by atoms with Crippen LogP contribution in [0.4, 0.5) is 5.69 Å². The molecule has 1 aromatic rings. The van der Waals surface area contributed by atoms with Crippen molar-refractivity contribution in [3.8, 4) is 0 Å². The van der Waals surface area contributed by atoms with Gasteiger partial charge < -0.3 is 14.4 Å². The lowest BCUT2D eigenvalue weighted by Crippen LogP contribution is -2.44. The number of benzene rings is 1. The minimum atomic E-state index is -1.67. The molecule has 1 saturated heterocycles. The van der Waals surface area contributed by atoms with E-state index in [4.69, 9.17) is 32.7 Å². The van der Waals surface area contributed by atoms with E-state index < -0.39 is 17.4 Å². The fraction of sp³-hybridized carbons (Fsp3) is 0.579. The summed E-state index contributed by atoms with van der Waals surface area (Å²) in [5, 5.41) is 0.518. The van der Waals surface area contributed by atoms with Gasteiger partial charge in [-0.1, -0.05) is 29.3 Å². The number of halogens is 2. The topological polar surface area (TPSA) is 55.8 Å². The van der Waals surface area contributed by atoms with Gasteiger partial charge in [-0.3, -0.25) is 9.59 Å². The van der Waals surface area contributed by atoms with Crippen molar-refractivity contribution >= 4 is 40.8 Å². The largest absolute Gasteiger partial charge is 0.465 e. The number of nitrogens with zero attached hydrogens (tertiary/aromatic N) is 1. The van der Waals surface area contributed by atoms with Crippen molar-refractivity contribution in [2.45, 2.75) is 45.4 Å². The summed E-state index contributed by atoms with van der Waals surface area (Å²) in [5.74, 6) is -1.41. The molecule has 26 heavy (non-hydrogen) atoms. The number of carbonyl (C=O) groups excluding carboxylic acids is 2. The van der Waals surface area contributed by atoms with Crippen LogP contribution in [0.1, 0.15) is 45.6 Å². The van der Waals surface area contributed by atoms with Gasteiger partial charge in [-0.25, -0.2) is 0 Å². The van der Waals surface area contributed by atoms with Crippen LogP contribution in [0.15, 0.2) is 12.1 Å². The zero-order valence-electron chi connectivity index (χ0n) is 15.4. The van der Waals surface area contributed by atoms with E-state index in [1.165, 1.54) is 13.3 Å². The number of esters is 2. The second kappa shape index (κ2) is 8.96. The normalized spacial score (nSPS) is 14.9. The van der Waals surface area contributed by atoms with E-state index in [2.05, 4.69) is 4.90 Å². The predicted molar refractivity (Wildman–Crippen MR) is 103 cm³/mol. The van der Waals surface area contributed by atoms with E-state index in [9.17, 15) is 9.59 Å². The zero-order valence-corrected chi connectivity index (χ0v) is 17.0. The van der Waals surface area contributed by atoms with Gasteiger partial charge in [-0.15, -0.1) is 0 Å². The Labute approximate surface area is 164 Å². The molecule has 144 valence electrons. The SMILES string of the molecule is CCOC(=O)C(C)(C(=O)OCC)c1ccc(N2CCCCC2)c(Cl)c1Cl. The summed E-state index contributed by atoms with van der Waals surface area (Å²) in [7, 11) is 0. The summed E-state index contributed by atoms with van der Waals surface area (Å²) in [5.41, 5.74) is -0.565. The average Bonchev–Trinajstić information content (AvgIpc) is 2.64. The molecule has 1 aromatic carbocycles. The standard InChI is InChI=1S/C19H25Cl2NO4/c1-4-25-17(23)19(3,18(24)26-5-2)13-9-10-14(16(21)15(13)20)22-11-7-6-8-12-22/h9-10H,4-8,11-12H2,1-3H3. The molecule has 1 aliphatic heterocycles. The van der Waals surface area contributed by atoms with Crippen LogP contribution >= 0.6 is 23.2 Å². The minimum absolute atomic E-state index is 0.144. The number of ether oxygens (including phenoxy) is 2. The molecule has 0 radical (unpaired) electrons.